The highest BCUT2D eigenvalue weighted by molar-refractivity contribution is 7.98. The van der Waals surface area contributed by atoms with Crippen LogP contribution in [0.25, 0.3) is 10.9 Å². The third-order valence-electron chi connectivity index (χ3n) is 3.51. The monoisotopic (exact) mass is 313 g/mol. The van der Waals surface area contributed by atoms with Crippen molar-refractivity contribution in [3.8, 4) is 5.75 Å². The summed E-state index contributed by atoms with van der Waals surface area (Å²) in [5.74, 6) is 1.33. The van der Waals surface area contributed by atoms with E-state index in [4.69, 9.17) is 9.72 Å². The third kappa shape index (κ3) is 3.07. The lowest BCUT2D eigenvalue weighted by atomic mass is 10.1. The van der Waals surface area contributed by atoms with Crippen LogP contribution >= 0.6 is 11.8 Å². The van der Waals surface area contributed by atoms with Gasteiger partial charge in [0.05, 0.1) is 12.1 Å². The van der Waals surface area contributed by atoms with Gasteiger partial charge in [-0.25, -0.2) is 9.37 Å². The van der Waals surface area contributed by atoms with Crippen molar-refractivity contribution < 1.29 is 9.13 Å². The number of hydrogen-bond acceptors (Lipinski definition) is 3. The van der Waals surface area contributed by atoms with Gasteiger partial charge in [-0.2, -0.15) is 0 Å². The lowest BCUT2D eigenvalue weighted by Crippen LogP contribution is -1.92. The van der Waals surface area contributed by atoms with Crippen molar-refractivity contribution in [3.63, 3.8) is 0 Å². The molecule has 0 fully saturated rings. The molecule has 4 heteroatoms. The number of nitrogens with zero attached hydrogens (tertiary/aromatic N) is 1. The van der Waals surface area contributed by atoms with Crippen molar-refractivity contribution in [1.82, 2.24) is 4.98 Å². The summed E-state index contributed by atoms with van der Waals surface area (Å²) in [5, 5.41) is 2.05. The van der Waals surface area contributed by atoms with Gasteiger partial charge in [0, 0.05) is 11.1 Å². The molecule has 0 N–H and O–H groups in total. The van der Waals surface area contributed by atoms with Crippen LogP contribution in [-0.4, -0.2) is 12.1 Å². The smallest absolute Gasteiger partial charge is 0.145 e. The molecule has 0 atom stereocenters. The molecule has 2 aromatic carbocycles. The second-order valence-corrected chi connectivity index (χ2v) is 6.04. The number of fused-ring (bicyclic) bond motifs is 1. The molecule has 2 nitrogen and oxygen atoms in total. The molecular formula is C18H16FNOS. The molecule has 1 aromatic heterocycles. The topological polar surface area (TPSA) is 22.1 Å². The number of benzene rings is 2. The summed E-state index contributed by atoms with van der Waals surface area (Å²) in [7, 11) is 1.66. The number of thioether (sulfide) groups is 1. The SMILES string of the molecule is COc1cccc2c(C)cc(SCc3ccc(F)cc3)nc12. The van der Waals surface area contributed by atoms with Gasteiger partial charge in [-0.1, -0.05) is 24.3 Å². The Bertz CT molecular complexity index is 802. The first-order chi connectivity index (χ1) is 10.7. The number of para-hydroxylation sites is 1. The molecule has 0 aliphatic heterocycles. The van der Waals surface area contributed by atoms with E-state index in [2.05, 4.69) is 19.1 Å². The van der Waals surface area contributed by atoms with Crippen molar-refractivity contribution in [2.24, 2.45) is 0 Å². The van der Waals surface area contributed by atoms with E-state index < -0.39 is 0 Å². The lowest BCUT2D eigenvalue weighted by Gasteiger charge is -2.09. The van der Waals surface area contributed by atoms with Crippen LogP contribution in [0.1, 0.15) is 11.1 Å². The van der Waals surface area contributed by atoms with Crippen LogP contribution in [0.5, 0.6) is 5.75 Å². The minimum atomic E-state index is -0.210. The van der Waals surface area contributed by atoms with E-state index in [1.54, 1.807) is 31.0 Å². The molecule has 22 heavy (non-hydrogen) atoms. The van der Waals surface area contributed by atoms with Crippen LogP contribution in [0, 0.1) is 12.7 Å². The Hall–Kier alpha value is -2.07. The highest BCUT2D eigenvalue weighted by Crippen LogP contribution is 2.30. The van der Waals surface area contributed by atoms with Gasteiger partial charge in [0.15, 0.2) is 0 Å². The molecule has 0 amide bonds. The number of aromatic nitrogens is 1. The van der Waals surface area contributed by atoms with E-state index in [9.17, 15) is 4.39 Å². The van der Waals surface area contributed by atoms with Crippen molar-refractivity contribution in [2.45, 2.75) is 17.7 Å². The molecule has 0 saturated heterocycles. The zero-order chi connectivity index (χ0) is 15.5. The Morgan fingerprint density at radius 2 is 1.91 bits per heavy atom. The molecule has 0 bridgehead atoms. The van der Waals surface area contributed by atoms with E-state index in [0.29, 0.717) is 0 Å². The fourth-order valence-electron chi connectivity index (χ4n) is 2.34. The third-order valence-corrected chi connectivity index (χ3v) is 4.49. The summed E-state index contributed by atoms with van der Waals surface area (Å²) >= 11 is 1.64. The predicted octanol–water partition coefficient (Wildman–Crippen LogP) is 4.98. The lowest BCUT2D eigenvalue weighted by molar-refractivity contribution is 0.418. The number of hydrogen-bond donors (Lipinski definition) is 0. The van der Waals surface area contributed by atoms with Gasteiger partial charge >= 0.3 is 0 Å². The average molecular weight is 313 g/mol. The van der Waals surface area contributed by atoms with Gasteiger partial charge in [0.2, 0.25) is 0 Å². The van der Waals surface area contributed by atoms with Gasteiger partial charge < -0.3 is 4.74 Å². The summed E-state index contributed by atoms with van der Waals surface area (Å²) in [5.41, 5.74) is 3.13. The summed E-state index contributed by atoms with van der Waals surface area (Å²) in [6, 6.07) is 14.6. The van der Waals surface area contributed by atoms with E-state index in [1.165, 1.54) is 17.7 Å². The standard InChI is InChI=1S/C18H16FNOS/c1-12-10-17(22-11-13-6-8-14(19)9-7-13)20-18-15(12)4-3-5-16(18)21-2/h3-10H,11H2,1-2H3. The van der Waals surface area contributed by atoms with E-state index in [0.717, 1.165) is 33.0 Å². The Kier molecular flexibility index (Phi) is 4.29. The summed E-state index contributed by atoms with van der Waals surface area (Å²) in [6.45, 7) is 2.07. The first-order valence-electron chi connectivity index (χ1n) is 6.99. The van der Waals surface area contributed by atoms with Crippen molar-refractivity contribution in [3.05, 3.63) is 65.5 Å². The Morgan fingerprint density at radius 1 is 1.14 bits per heavy atom. The minimum Gasteiger partial charge on any atom is -0.494 e. The van der Waals surface area contributed by atoms with Crippen LogP contribution in [-0.2, 0) is 5.75 Å². The Labute approximate surface area is 133 Å². The fraction of sp³-hybridized carbons (Fsp3) is 0.167. The first kappa shape index (κ1) is 14.9. The van der Waals surface area contributed by atoms with E-state index in [1.807, 2.05) is 12.1 Å². The maximum absolute atomic E-state index is 12.9. The van der Waals surface area contributed by atoms with Gasteiger partial charge in [0.25, 0.3) is 0 Å². The van der Waals surface area contributed by atoms with Gasteiger partial charge in [-0.15, -0.1) is 11.8 Å². The van der Waals surface area contributed by atoms with Gasteiger partial charge in [0.1, 0.15) is 17.1 Å². The highest BCUT2D eigenvalue weighted by Gasteiger charge is 2.08. The average Bonchev–Trinajstić information content (AvgIpc) is 2.54. The number of ether oxygens (including phenoxy) is 1. The highest BCUT2D eigenvalue weighted by atomic mass is 32.2. The summed E-state index contributed by atoms with van der Waals surface area (Å²) < 4.78 is 18.3. The number of aryl methyl sites for hydroxylation is 1. The molecule has 0 spiro atoms. The minimum absolute atomic E-state index is 0.210. The molecule has 112 valence electrons. The van der Waals surface area contributed by atoms with Crippen LogP contribution in [0.3, 0.4) is 0 Å². The maximum atomic E-state index is 12.9. The summed E-state index contributed by atoms with van der Waals surface area (Å²) in [6.07, 6.45) is 0. The molecule has 1 heterocycles. The zero-order valence-electron chi connectivity index (χ0n) is 12.5. The van der Waals surface area contributed by atoms with Crippen molar-refractivity contribution >= 4 is 22.7 Å². The van der Waals surface area contributed by atoms with E-state index >= 15 is 0 Å². The quantitative estimate of drug-likeness (QED) is 0.634. The first-order valence-corrected chi connectivity index (χ1v) is 7.97. The van der Waals surface area contributed by atoms with Gasteiger partial charge in [-0.05, 0) is 42.3 Å². The van der Waals surface area contributed by atoms with Crippen molar-refractivity contribution in [1.29, 1.82) is 0 Å². The fourth-order valence-corrected chi connectivity index (χ4v) is 3.26. The number of halogens is 1. The molecule has 0 radical (unpaired) electrons. The van der Waals surface area contributed by atoms with Crippen LogP contribution in [0.2, 0.25) is 0 Å². The molecule has 0 aliphatic rings. The normalized spacial score (nSPS) is 10.9. The second kappa shape index (κ2) is 6.36. The Morgan fingerprint density at radius 3 is 2.64 bits per heavy atom. The van der Waals surface area contributed by atoms with Crippen LogP contribution in [0.4, 0.5) is 4.39 Å². The molecule has 3 aromatic rings. The maximum Gasteiger partial charge on any atom is 0.145 e. The summed E-state index contributed by atoms with van der Waals surface area (Å²) in [4.78, 5) is 4.70. The zero-order valence-corrected chi connectivity index (χ0v) is 13.3. The van der Waals surface area contributed by atoms with Crippen LogP contribution < -0.4 is 4.74 Å². The number of methoxy groups -OCH3 is 1. The van der Waals surface area contributed by atoms with E-state index in [-0.39, 0.29) is 5.82 Å². The van der Waals surface area contributed by atoms with Gasteiger partial charge in [-0.3, -0.25) is 0 Å². The predicted molar refractivity (Wildman–Crippen MR) is 89.0 cm³/mol. The number of rotatable bonds is 4. The van der Waals surface area contributed by atoms with Crippen LogP contribution in [0.15, 0.2) is 53.6 Å². The molecule has 3 rings (SSSR count). The second-order valence-electron chi connectivity index (χ2n) is 5.05. The van der Waals surface area contributed by atoms with Crippen molar-refractivity contribution in [2.75, 3.05) is 7.11 Å². The number of pyridine rings is 1. The molecule has 0 aliphatic carbocycles. The Balaban J connectivity index is 1.89. The molecule has 0 unspecified atom stereocenters. The molecule has 0 saturated carbocycles. The largest absolute Gasteiger partial charge is 0.494 e. The molecular weight excluding hydrogens is 297 g/mol.